The summed E-state index contributed by atoms with van der Waals surface area (Å²) in [5, 5.41) is 0. The molecule has 1 aliphatic carbocycles. The van der Waals surface area contributed by atoms with Crippen LogP contribution in [-0.4, -0.2) is 26.9 Å². The van der Waals surface area contributed by atoms with Crippen LogP contribution >= 0.6 is 0 Å². The molecule has 1 radical (unpaired) electrons. The zero-order valence-corrected chi connectivity index (χ0v) is 16.1. The summed E-state index contributed by atoms with van der Waals surface area (Å²) in [7, 11) is 0. The second-order valence-corrected chi connectivity index (χ2v) is 7.45. The van der Waals surface area contributed by atoms with Crippen molar-refractivity contribution in [3.63, 3.8) is 0 Å². The molecule has 1 fully saturated rings. The molecule has 3 heteroatoms. The van der Waals surface area contributed by atoms with E-state index >= 15 is 0 Å². The quantitative estimate of drug-likeness (QED) is 0.359. The minimum absolute atomic E-state index is 0.319. The van der Waals surface area contributed by atoms with Crippen LogP contribution < -0.4 is 0 Å². The normalized spacial score (nSPS) is 19.6. The molecule has 0 atom stereocenters. The van der Waals surface area contributed by atoms with Crippen LogP contribution in [0.2, 0.25) is 0 Å². The van der Waals surface area contributed by atoms with Crippen molar-refractivity contribution < 1.29 is 4.74 Å². The fourth-order valence-electron chi connectivity index (χ4n) is 3.14. The summed E-state index contributed by atoms with van der Waals surface area (Å²) in [6.45, 7) is 2.09. The van der Waals surface area contributed by atoms with E-state index in [2.05, 4.69) is 40.1 Å². The third-order valence-corrected chi connectivity index (χ3v) is 4.97. The van der Waals surface area contributed by atoms with E-state index in [1.54, 1.807) is 0 Å². The zero-order valence-electron chi connectivity index (χ0n) is 14.4. The first-order valence-corrected chi connectivity index (χ1v) is 10.1. The molecular weight excluding hydrogens is 349 g/mol. The Kier molecular flexibility index (Phi) is 8.78. The molecule has 0 unspecified atom stereocenters. The molecule has 0 bridgehead atoms. The van der Waals surface area contributed by atoms with E-state index in [1.807, 2.05) is 12.1 Å². The van der Waals surface area contributed by atoms with Gasteiger partial charge >= 0.3 is 150 Å². The Morgan fingerprint density at radius 1 is 0.870 bits per heavy atom. The van der Waals surface area contributed by atoms with Crippen molar-refractivity contribution in [2.45, 2.75) is 83.7 Å². The second-order valence-electron chi connectivity index (χ2n) is 6.71. The van der Waals surface area contributed by atoms with Crippen molar-refractivity contribution >= 4 is 26.5 Å². The minimum atomic E-state index is 0.319. The van der Waals surface area contributed by atoms with E-state index in [4.69, 9.17) is 4.74 Å². The summed E-state index contributed by atoms with van der Waals surface area (Å²) >= 11 is 3.00. The molecule has 0 saturated heterocycles. The van der Waals surface area contributed by atoms with Gasteiger partial charge in [-0.05, 0) is 0 Å². The Bertz CT molecular complexity index is 457. The van der Waals surface area contributed by atoms with Crippen molar-refractivity contribution in [1.82, 2.24) is 0 Å². The molecule has 0 heterocycles. The van der Waals surface area contributed by atoms with Gasteiger partial charge in [0.25, 0.3) is 0 Å². The van der Waals surface area contributed by atoms with Crippen molar-refractivity contribution in [2.75, 3.05) is 0 Å². The molecule has 1 aliphatic rings. The Balaban J connectivity index is 1.87. The SMILES string of the molecule is Cc1ccc(N=C([Se])OC2CCCCCCCCCCC2)cc1. The van der Waals surface area contributed by atoms with E-state index in [0.29, 0.717) is 10.9 Å². The van der Waals surface area contributed by atoms with Crippen LogP contribution in [0.25, 0.3) is 0 Å². The van der Waals surface area contributed by atoms with Crippen LogP contribution in [0.4, 0.5) is 5.69 Å². The molecule has 127 valence electrons. The number of hydrogen-bond acceptors (Lipinski definition) is 2. The van der Waals surface area contributed by atoms with Crippen LogP contribution in [0.1, 0.15) is 76.2 Å². The Labute approximate surface area is 149 Å². The van der Waals surface area contributed by atoms with Crippen LogP contribution in [0.5, 0.6) is 0 Å². The molecule has 0 N–H and O–H groups in total. The fraction of sp³-hybridized carbons (Fsp3) is 0.650. The summed E-state index contributed by atoms with van der Waals surface area (Å²) in [4.78, 5) is 5.25. The molecule has 0 aromatic heterocycles. The van der Waals surface area contributed by atoms with Crippen LogP contribution in [0.3, 0.4) is 0 Å². The van der Waals surface area contributed by atoms with Gasteiger partial charge in [-0.2, -0.15) is 0 Å². The standard InChI is InChI=1S/C20H30NOSe/c1-17-13-15-18(16-14-17)21-20(23)22-19-11-9-7-5-3-2-4-6-8-10-12-19/h13-16,19H,2-12H2,1H3. The first kappa shape index (κ1) is 18.5. The summed E-state index contributed by atoms with van der Waals surface area (Å²) in [5.74, 6) is 0. The number of benzene rings is 1. The van der Waals surface area contributed by atoms with E-state index in [0.717, 1.165) is 18.5 Å². The van der Waals surface area contributed by atoms with E-state index in [9.17, 15) is 0 Å². The molecule has 1 aromatic carbocycles. The molecule has 0 amide bonds. The second kappa shape index (κ2) is 10.9. The maximum atomic E-state index is 6.12. The first-order valence-electron chi connectivity index (χ1n) is 9.23. The van der Waals surface area contributed by atoms with Gasteiger partial charge in [0, 0.05) is 0 Å². The number of nitrogens with zero attached hydrogens (tertiary/aromatic N) is 1. The molecule has 23 heavy (non-hydrogen) atoms. The monoisotopic (exact) mass is 380 g/mol. The third kappa shape index (κ3) is 8.04. The van der Waals surface area contributed by atoms with Gasteiger partial charge in [-0.25, -0.2) is 0 Å². The Morgan fingerprint density at radius 3 is 1.87 bits per heavy atom. The van der Waals surface area contributed by atoms with Crippen LogP contribution in [0, 0.1) is 6.92 Å². The molecule has 1 aromatic rings. The maximum absolute atomic E-state index is 6.12. The van der Waals surface area contributed by atoms with Gasteiger partial charge < -0.3 is 0 Å². The van der Waals surface area contributed by atoms with Gasteiger partial charge in [-0.1, -0.05) is 0 Å². The van der Waals surface area contributed by atoms with Gasteiger partial charge in [0.15, 0.2) is 0 Å². The van der Waals surface area contributed by atoms with Gasteiger partial charge in [0.1, 0.15) is 0 Å². The number of ether oxygens (including phenoxy) is 1. The van der Waals surface area contributed by atoms with Crippen LogP contribution in [0.15, 0.2) is 29.3 Å². The average molecular weight is 379 g/mol. The Hall–Kier alpha value is -0.791. The summed E-state index contributed by atoms with van der Waals surface area (Å²) in [5.41, 5.74) is 2.21. The van der Waals surface area contributed by atoms with Gasteiger partial charge in [-0.15, -0.1) is 0 Å². The van der Waals surface area contributed by atoms with Gasteiger partial charge in [0.05, 0.1) is 0 Å². The van der Waals surface area contributed by atoms with Crippen molar-refractivity contribution in [2.24, 2.45) is 4.99 Å². The zero-order chi connectivity index (χ0) is 16.3. The molecule has 0 spiro atoms. The van der Waals surface area contributed by atoms with Crippen molar-refractivity contribution in [3.8, 4) is 0 Å². The molecule has 2 rings (SSSR count). The van der Waals surface area contributed by atoms with E-state index in [-0.39, 0.29) is 0 Å². The van der Waals surface area contributed by atoms with E-state index in [1.165, 1.54) is 63.4 Å². The summed E-state index contributed by atoms with van der Waals surface area (Å²) in [6, 6.07) is 8.25. The predicted molar refractivity (Wildman–Crippen MR) is 99.7 cm³/mol. The van der Waals surface area contributed by atoms with Gasteiger partial charge in [0.2, 0.25) is 0 Å². The molecule has 2 nitrogen and oxygen atoms in total. The molecular formula is C20H30NOSe. The molecule has 0 aliphatic heterocycles. The number of aryl methyl sites for hydroxylation is 1. The molecule has 1 saturated carbocycles. The average Bonchev–Trinajstić information content (AvgIpc) is 2.52. The Morgan fingerprint density at radius 2 is 1.35 bits per heavy atom. The summed E-state index contributed by atoms with van der Waals surface area (Å²) < 4.78 is 6.12. The van der Waals surface area contributed by atoms with Crippen LogP contribution in [-0.2, 0) is 4.74 Å². The van der Waals surface area contributed by atoms with Gasteiger partial charge in [-0.3, -0.25) is 0 Å². The fourth-order valence-corrected chi connectivity index (χ4v) is 3.64. The number of rotatable bonds is 2. The van der Waals surface area contributed by atoms with E-state index < -0.39 is 0 Å². The number of hydrogen-bond donors (Lipinski definition) is 0. The first-order chi connectivity index (χ1) is 11.2. The predicted octanol–water partition coefficient (Wildman–Crippen LogP) is 5.84. The third-order valence-electron chi connectivity index (χ3n) is 4.57. The van der Waals surface area contributed by atoms with Crippen molar-refractivity contribution in [3.05, 3.63) is 29.8 Å². The summed E-state index contributed by atoms with van der Waals surface area (Å²) in [6.07, 6.45) is 14.9. The van der Waals surface area contributed by atoms with Crippen molar-refractivity contribution in [1.29, 1.82) is 0 Å². The topological polar surface area (TPSA) is 21.6 Å². The number of aliphatic imine (C=N–C) groups is 1.